The average molecular weight is 399 g/mol. The minimum atomic E-state index is -0.737. The lowest BCUT2D eigenvalue weighted by molar-refractivity contribution is -0.146. The number of hydrogen-bond donors (Lipinski definition) is 2. The summed E-state index contributed by atoms with van der Waals surface area (Å²) in [7, 11) is 0. The Hall–Kier alpha value is -2.63. The molecule has 1 aromatic rings. The molecule has 156 valence electrons. The number of fused-ring (bicyclic) bond motifs is 2. The van der Waals surface area contributed by atoms with Crippen LogP contribution in [-0.2, 0) is 19.1 Å². The Morgan fingerprint density at radius 2 is 1.86 bits per heavy atom. The molecule has 2 bridgehead atoms. The monoisotopic (exact) mass is 398 g/mol. The Morgan fingerprint density at radius 3 is 2.41 bits per heavy atom. The Labute approximate surface area is 172 Å². The number of ether oxygens (including phenoxy) is 1. The number of carbonyl (C=O) groups excluding carboxylic acids is 3. The van der Waals surface area contributed by atoms with Crippen molar-refractivity contribution in [3.63, 3.8) is 0 Å². The van der Waals surface area contributed by atoms with Crippen molar-refractivity contribution in [2.24, 2.45) is 16.7 Å². The fourth-order valence-electron chi connectivity index (χ4n) is 4.92. The molecule has 6 nitrogen and oxygen atoms in total. The van der Waals surface area contributed by atoms with E-state index in [-0.39, 0.29) is 41.0 Å². The van der Waals surface area contributed by atoms with Crippen LogP contribution in [0.2, 0.25) is 0 Å². The molecule has 3 atom stereocenters. The molecule has 0 aliphatic heterocycles. The highest BCUT2D eigenvalue weighted by atomic mass is 16.5. The molecule has 0 saturated heterocycles. The molecular weight excluding hydrogens is 368 g/mol. The number of amides is 2. The van der Waals surface area contributed by atoms with E-state index in [1.807, 2.05) is 18.2 Å². The summed E-state index contributed by atoms with van der Waals surface area (Å²) in [5.41, 5.74) is 1.00. The second kappa shape index (κ2) is 8.01. The van der Waals surface area contributed by atoms with Crippen molar-refractivity contribution in [2.45, 2.75) is 53.0 Å². The Balaban J connectivity index is 1.59. The highest BCUT2D eigenvalue weighted by molar-refractivity contribution is 5.98. The number of esters is 1. The molecule has 2 amide bonds. The normalized spacial score (nSPS) is 27.4. The highest BCUT2D eigenvalue weighted by Gasteiger charge is 2.61. The van der Waals surface area contributed by atoms with Crippen molar-refractivity contribution >= 4 is 23.9 Å². The van der Waals surface area contributed by atoms with E-state index in [1.165, 1.54) is 19.4 Å². The van der Waals surface area contributed by atoms with Gasteiger partial charge in [0.05, 0.1) is 0 Å². The predicted octanol–water partition coefficient (Wildman–Crippen LogP) is 3.04. The minimum absolute atomic E-state index is 0.00418. The first kappa shape index (κ1) is 21.1. The molecule has 2 N–H and O–H groups in total. The molecule has 0 heterocycles. The second-order valence-corrected chi connectivity index (χ2v) is 8.96. The highest BCUT2D eigenvalue weighted by Crippen LogP contribution is 2.65. The number of benzene rings is 1. The summed E-state index contributed by atoms with van der Waals surface area (Å²) in [6.07, 6.45) is 4.80. The van der Waals surface area contributed by atoms with Gasteiger partial charge in [-0.15, -0.1) is 0 Å². The standard InChI is InChI=1S/C23H30N2O4/c1-15(26)24-18(12-16-8-6-5-7-9-16)21(28)29-14-20(27)25-19-13-17-10-11-23(19,4)22(17,2)3/h5-9,12,17,19H,10-11,13-14H2,1-4H3,(H,24,26)(H,25,27)/b18-12-. The molecule has 0 aromatic heterocycles. The van der Waals surface area contributed by atoms with Crippen LogP contribution >= 0.6 is 0 Å². The summed E-state index contributed by atoms with van der Waals surface area (Å²) in [6, 6.07) is 9.21. The van der Waals surface area contributed by atoms with Gasteiger partial charge in [0, 0.05) is 13.0 Å². The first-order chi connectivity index (χ1) is 13.6. The molecular formula is C23H30N2O4. The third kappa shape index (κ3) is 4.21. The Morgan fingerprint density at radius 1 is 1.17 bits per heavy atom. The maximum Gasteiger partial charge on any atom is 0.355 e. The SMILES string of the molecule is CC(=O)N/C(=C\c1ccccc1)C(=O)OCC(=O)NC1CC2CCC1(C)C2(C)C. The van der Waals surface area contributed by atoms with E-state index in [0.29, 0.717) is 5.92 Å². The summed E-state index contributed by atoms with van der Waals surface area (Å²) in [6.45, 7) is 7.75. The molecule has 0 radical (unpaired) electrons. The van der Waals surface area contributed by atoms with Gasteiger partial charge in [0.25, 0.3) is 5.91 Å². The third-order valence-electron chi connectivity index (χ3n) is 7.10. The van der Waals surface area contributed by atoms with Gasteiger partial charge >= 0.3 is 5.97 Å². The van der Waals surface area contributed by atoms with Gasteiger partial charge in [0.15, 0.2) is 6.61 Å². The molecule has 2 fully saturated rings. The molecule has 3 unspecified atom stereocenters. The summed E-state index contributed by atoms with van der Waals surface area (Å²) in [5.74, 6) is -0.820. The lowest BCUT2D eigenvalue weighted by Crippen LogP contribution is -2.48. The van der Waals surface area contributed by atoms with Crippen molar-refractivity contribution < 1.29 is 19.1 Å². The van der Waals surface area contributed by atoms with Crippen molar-refractivity contribution in [2.75, 3.05) is 6.61 Å². The third-order valence-corrected chi connectivity index (χ3v) is 7.10. The lowest BCUT2D eigenvalue weighted by atomic mass is 9.69. The largest absolute Gasteiger partial charge is 0.451 e. The maximum absolute atomic E-state index is 12.4. The number of hydrogen-bond acceptors (Lipinski definition) is 4. The van der Waals surface area contributed by atoms with E-state index in [2.05, 4.69) is 31.4 Å². The smallest absolute Gasteiger partial charge is 0.355 e. The summed E-state index contributed by atoms with van der Waals surface area (Å²) in [4.78, 5) is 36.3. The average Bonchev–Trinajstić information content (AvgIpc) is 2.99. The van der Waals surface area contributed by atoms with Crippen molar-refractivity contribution in [1.29, 1.82) is 0 Å². The van der Waals surface area contributed by atoms with Gasteiger partial charge in [-0.3, -0.25) is 9.59 Å². The molecule has 2 saturated carbocycles. The van der Waals surface area contributed by atoms with E-state index < -0.39 is 5.97 Å². The van der Waals surface area contributed by atoms with Crippen molar-refractivity contribution in [3.8, 4) is 0 Å². The number of rotatable bonds is 6. The van der Waals surface area contributed by atoms with E-state index in [4.69, 9.17) is 4.74 Å². The summed E-state index contributed by atoms with van der Waals surface area (Å²) < 4.78 is 5.18. The van der Waals surface area contributed by atoms with E-state index >= 15 is 0 Å². The quantitative estimate of drug-likeness (QED) is 0.570. The lowest BCUT2D eigenvalue weighted by Gasteiger charge is -2.39. The number of nitrogens with one attached hydrogen (secondary N) is 2. The van der Waals surface area contributed by atoms with Crippen LogP contribution in [0, 0.1) is 16.7 Å². The zero-order chi connectivity index (χ0) is 21.2. The van der Waals surface area contributed by atoms with Gasteiger partial charge in [-0.05, 0) is 47.6 Å². The topological polar surface area (TPSA) is 84.5 Å². The fourth-order valence-corrected chi connectivity index (χ4v) is 4.92. The molecule has 2 aliphatic carbocycles. The summed E-state index contributed by atoms with van der Waals surface area (Å²) in [5, 5.41) is 5.55. The van der Waals surface area contributed by atoms with Crippen LogP contribution in [0.15, 0.2) is 36.0 Å². The van der Waals surface area contributed by atoms with Gasteiger partial charge in [-0.1, -0.05) is 51.1 Å². The first-order valence-corrected chi connectivity index (χ1v) is 10.1. The van der Waals surface area contributed by atoms with E-state index in [9.17, 15) is 14.4 Å². The molecule has 29 heavy (non-hydrogen) atoms. The molecule has 6 heteroatoms. The van der Waals surface area contributed by atoms with Gasteiger partial charge < -0.3 is 15.4 Å². The van der Waals surface area contributed by atoms with Crippen LogP contribution in [0.4, 0.5) is 0 Å². The predicted molar refractivity (Wildman–Crippen MR) is 110 cm³/mol. The van der Waals surface area contributed by atoms with Crippen LogP contribution in [0.1, 0.15) is 52.5 Å². The molecule has 2 aliphatic rings. The van der Waals surface area contributed by atoms with Crippen molar-refractivity contribution in [3.05, 3.63) is 41.6 Å². The van der Waals surface area contributed by atoms with Gasteiger partial charge in [0.2, 0.25) is 5.91 Å². The van der Waals surface area contributed by atoms with Crippen LogP contribution in [0.25, 0.3) is 6.08 Å². The zero-order valence-corrected chi connectivity index (χ0v) is 17.6. The van der Waals surface area contributed by atoms with Crippen LogP contribution in [0.3, 0.4) is 0 Å². The fraction of sp³-hybridized carbons (Fsp3) is 0.522. The molecule has 1 aromatic carbocycles. The molecule has 3 rings (SSSR count). The van der Waals surface area contributed by atoms with Gasteiger partial charge in [0.1, 0.15) is 5.70 Å². The van der Waals surface area contributed by atoms with E-state index in [0.717, 1.165) is 18.4 Å². The number of carbonyl (C=O) groups is 3. The zero-order valence-electron chi connectivity index (χ0n) is 17.6. The van der Waals surface area contributed by atoms with Crippen LogP contribution < -0.4 is 10.6 Å². The van der Waals surface area contributed by atoms with Gasteiger partial charge in [-0.25, -0.2) is 4.79 Å². The second-order valence-electron chi connectivity index (χ2n) is 8.96. The van der Waals surface area contributed by atoms with E-state index in [1.54, 1.807) is 12.1 Å². The molecule has 0 spiro atoms. The maximum atomic E-state index is 12.4. The van der Waals surface area contributed by atoms with Gasteiger partial charge in [-0.2, -0.15) is 0 Å². The Kier molecular flexibility index (Phi) is 5.82. The van der Waals surface area contributed by atoms with Crippen molar-refractivity contribution in [1.82, 2.24) is 10.6 Å². The van der Waals surface area contributed by atoms with Crippen LogP contribution in [0.5, 0.6) is 0 Å². The minimum Gasteiger partial charge on any atom is -0.451 e. The first-order valence-electron chi connectivity index (χ1n) is 10.1. The summed E-state index contributed by atoms with van der Waals surface area (Å²) >= 11 is 0. The van der Waals surface area contributed by atoms with Crippen LogP contribution in [-0.4, -0.2) is 30.4 Å². The Bertz CT molecular complexity index is 831.